The van der Waals surface area contributed by atoms with E-state index in [1.54, 1.807) is 42.5 Å². The maximum atomic E-state index is 13.4. The Labute approximate surface area is 466 Å². The molecule has 428 valence electrons. The summed E-state index contributed by atoms with van der Waals surface area (Å²) in [6, 6.07) is 18.1. The number of unbranched alkanes of at least 4 members (excludes halogenated alkanes) is 14. The monoisotopic (exact) mass is 1080 g/mol. The second-order valence-electron chi connectivity index (χ2n) is 19.0. The first kappa shape index (κ1) is 64.1. The number of esters is 2. The highest BCUT2D eigenvalue weighted by atomic mass is 17.2. The van der Waals surface area contributed by atoms with Crippen LogP contribution in [-0.2, 0) is 24.1 Å². The standard InChI is InChI=1S/C65H90O13/c1-7-13-17-21-45-71-62-52(31-37-58(69-43-26-25-42-68-12-6)64(62)73-47-23-19-15-9-3)33-39-60(66)77-56-35-29-55-51-57(36-30-54(55)50-56)78-61(67)40-34-53-32-38-59(70-44-27-28-49-76-75-41-11-5)65(74-48-24-20-16-10-4)63(53)72-46-22-18-14-8-2/h11-12,29-40,50-51H,5-10,13-28,41-49H2,1-4H3/b39-33+,40-34+. The molecule has 4 aromatic rings. The van der Waals surface area contributed by atoms with Gasteiger partial charge in [0, 0.05) is 23.3 Å². The molecule has 78 heavy (non-hydrogen) atoms. The Balaban J connectivity index is 1.48. The van der Waals surface area contributed by atoms with Gasteiger partial charge in [0.1, 0.15) is 18.1 Å². The van der Waals surface area contributed by atoms with Gasteiger partial charge in [0.2, 0.25) is 11.5 Å². The van der Waals surface area contributed by atoms with Gasteiger partial charge in [-0.2, -0.15) is 0 Å². The van der Waals surface area contributed by atoms with Crippen LogP contribution in [-0.4, -0.2) is 71.4 Å². The van der Waals surface area contributed by atoms with Crippen molar-refractivity contribution in [1.29, 1.82) is 0 Å². The van der Waals surface area contributed by atoms with Crippen LogP contribution >= 0.6 is 0 Å². The van der Waals surface area contributed by atoms with E-state index >= 15 is 0 Å². The summed E-state index contributed by atoms with van der Waals surface area (Å²) in [5.41, 5.74) is 1.34. The molecule has 13 nitrogen and oxygen atoms in total. The first-order valence-corrected chi connectivity index (χ1v) is 28.9. The second-order valence-corrected chi connectivity index (χ2v) is 19.0. The smallest absolute Gasteiger partial charge is 0.336 e. The van der Waals surface area contributed by atoms with Gasteiger partial charge >= 0.3 is 11.9 Å². The van der Waals surface area contributed by atoms with Crippen molar-refractivity contribution >= 4 is 34.9 Å². The maximum absolute atomic E-state index is 13.4. The molecule has 0 aliphatic rings. The zero-order valence-corrected chi connectivity index (χ0v) is 47.5. The third-order valence-corrected chi connectivity index (χ3v) is 12.4. The van der Waals surface area contributed by atoms with E-state index in [-0.39, 0.29) is 0 Å². The molecule has 0 saturated carbocycles. The summed E-state index contributed by atoms with van der Waals surface area (Å²) in [6.07, 6.45) is 29.1. The highest BCUT2D eigenvalue weighted by molar-refractivity contribution is 5.93. The van der Waals surface area contributed by atoms with Crippen LogP contribution in [0.3, 0.4) is 0 Å². The normalized spacial score (nSPS) is 11.2. The predicted molar refractivity (Wildman–Crippen MR) is 312 cm³/mol. The molecule has 0 aromatic heterocycles. The van der Waals surface area contributed by atoms with Gasteiger partial charge in [-0.1, -0.05) is 130 Å². The second kappa shape index (κ2) is 40.7. The zero-order valence-electron chi connectivity index (χ0n) is 47.5. The average molecular weight is 1080 g/mol. The lowest BCUT2D eigenvalue weighted by molar-refractivity contribution is -0.286. The summed E-state index contributed by atoms with van der Waals surface area (Å²) in [6.45, 7) is 20.2. The molecule has 0 radical (unpaired) electrons. The zero-order chi connectivity index (χ0) is 55.7. The SMILES string of the molecule is C=CCOOCCCCOc1ccc(/C=C/C(=O)Oc2ccc3cc(OC(=O)/C=C/c4ccc(OCCCCOC=C)c(OCCCCCC)c4OCCCCCC)ccc3c2)c(OCCCCCC)c1OCCCCCC. The van der Waals surface area contributed by atoms with Crippen molar-refractivity contribution in [3.05, 3.63) is 109 Å². The number of benzene rings is 4. The molecule has 4 rings (SSSR count). The summed E-state index contributed by atoms with van der Waals surface area (Å²) >= 11 is 0. The molecule has 0 N–H and O–H groups in total. The fourth-order valence-corrected chi connectivity index (χ4v) is 8.09. The third-order valence-electron chi connectivity index (χ3n) is 12.4. The largest absolute Gasteiger partial charge is 0.502 e. The van der Waals surface area contributed by atoms with Crippen LogP contribution in [0.15, 0.2) is 98.3 Å². The molecule has 0 unspecified atom stereocenters. The Hall–Kier alpha value is -6.44. The summed E-state index contributed by atoms with van der Waals surface area (Å²) in [5, 5.41) is 1.58. The summed E-state index contributed by atoms with van der Waals surface area (Å²) < 4.78 is 55.2. The predicted octanol–water partition coefficient (Wildman–Crippen LogP) is 16.5. The van der Waals surface area contributed by atoms with Gasteiger partial charge < -0.3 is 42.6 Å². The van der Waals surface area contributed by atoms with Crippen LogP contribution in [0.2, 0.25) is 0 Å². The molecular formula is C65H90O13. The van der Waals surface area contributed by atoms with Gasteiger partial charge in [0.05, 0.1) is 59.1 Å². The molecule has 0 aliphatic heterocycles. The molecule has 0 bridgehead atoms. The summed E-state index contributed by atoms with van der Waals surface area (Å²) in [5.74, 6) is 2.89. The molecular weight excluding hydrogens is 989 g/mol. The highest BCUT2D eigenvalue weighted by Crippen LogP contribution is 2.43. The quantitative estimate of drug-likeness (QED) is 0.00607. The van der Waals surface area contributed by atoms with E-state index in [0.717, 1.165) is 139 Å². The topological polar surface area (TPSA) is 136 Å². The molecule has 0 amide bonds. The van der Waals surface area contributed by atoms with Gasteiger partial charge in [0.25, 0.3) is 0 Å². The van der Waals surface area contributed by atoms with Crippen molar-refractivity contribution in [3.8, 4) is 46.0 Å². The minimum atomic E-state index is -0.564. The minimum absolute atomic E-state index is 0.334. The number of hydrogen-bond donors (Lipinski definition) is 0. The van der Waals surface area contributed by atoms with Crippen LogP contribution < -0.4 is 37.9 Å². The fraction of sp³-hybridized carbons (Fsp3) is 0.508. The van der Waals surface area contributed by atoms with Crippen molar-refractivity contribution in [3.63, 3.8) is 0 Å². The lowest BCUT2D eigenvalue weighted by Gasteiger charge is -2.19. The van der Waals surface area contributed by atoms with Crippen LogP contribution in [0, 0.1) is 0 Å². The van der Waals surface area contributed by atoms with E-state index in [2.05, 4.69) is 40.9 Å². The van der Waals surface area contributed by atoms with Crippen molar-refractivity contribution < 1.29 is 62.0 Å². The first-order valence-electron chi connectivity index (χ1n) is 28.9. The number of fused-ring (bicyclic) bond motifs is 1. The minimum Gasteiger partial charge on any atom is -0.502 e. The summed E-state index contributed by atoms with van der Waals surface area (Å²) in [4.78, 5) is 37.0. The molecule has 13 heteroatoms. The number of ether oxygens (including phenoxy) is 9. The Morgan fingerprint density at radius 1 is 0.410 bits per heavy atom. The van der Waals surface area contributed by atoms with Crippen molar-refractivity contribution in [2.45, 2.75) is 156 Å². The van der Waals surface area contributed by atoms with E-state index in [0.29, 0.717) is 117 Å². The van der Waals surface area contributed by atoms with Crippen molar-refractivity contribution in [2.24, 2.45) is 0 Å². The van der Waals surface area contributed by atoms with Crippen LogP contribution in [0.5, 0.6) is 46.0 Å². The highest BCUT2D eigenvalue weighted by Gasteiger charge is 2.20. The van der Waals surface area contributed by atoms with E-state index in [1.165, 1.54) is 18.4 Å². The number of hydrogen-bond acceptors (Lipinski definition) is 13. The lowest BCUT2D eigenvalue weighted by atomic mass is 10.1. The molecule has 0 aliphatic carbocycles. The molecule has 0 saturated heterocycles. The molecule has 0 atom stereocenters. The molecule has 4 aromatic carbocycles. The average Bonchev–Trinajstić information content (AvgIpc) is 3.48. The number of carbonyl (C=O) groups is 2. The lowest BCUT2D eigenvalue weighted by Crippen LogP contribution is -2.08. The van der Waals surface area contributed by atoms with Gasteiger partial charge in [-0.15, -0.1) is 6.58 Å². The first-order chi connectivity index (χ1) is 38.3. The summed E-state index contributed by atoms with van der Waals surface area (Å²) in [7, 11) is 0. The number of rotatable bonds is 46. The van der Waals surface area contributed by atoms with Crippen LogP contribution in [0.4, 0.5) is 0 Å². The van der Waals surface area contributed by atoms with E-state index in [9.17, 15) is 9.59 Å². The van der Waals surface area contributed by atoms with Gasteiger partial charge in [-0.05, 0) is 123 Å². The fourth-order valence-electron chi connectivity index (χ4n) is 8.09. The molecule has 0 fully saturated rings. The van der Waals surface area contributed by atoms with Gasteiger partial charge in [0.15, 0.2) is 23.0 Å². The third kappa shape index (κ3) is 25.4. The molecule has 0 heterocycles. The Morgan fingerprint density at radius 3 is 1.21 bits per heavy atom. The van der Waals surface area contributed by atoms with Crippen molar-refractivity contribution in [1.82, 2.24) is 0 Å². The van der Waals surface area contributed by atoms with E-state index in [4.69, 9.17) is 52.4 Å². The molecule has 0 spiro atoms. The van der Waals surface area contributed by atoms with Crippen molar-refractivity contribution in [2.75, 3.05) is 59.5 Å². The Bertz CT molecular complexity index is 2390. The van der Waals surface area contributed by atoms with E-state index < -0.39 is 11.9 Å². The van der Waals surface area contributed by atoms with Crippen LogP contribution in [0.25, 0.3) is 22.9 Å². The van der Waals surface area contributed by atoms with Crippen LogP contribution in [0.1, 0.15) is 167 Å². The van der Waals surface area contributed by atoms with Gasteiger partial charge in [-0.3, -0.25) is 0 Å². The Morgan fingerprint density at radius 2 is 0.795 bits per heavy atom. The van der Waals surface area contributed by atoms with E-state index in [1.807, 2.05) is 36.4 Å². The Kier molecular flexibility index (Phi) is 33.5. The number of carbonyl (C=O) groups excluding carboxylic acids is 2. The van der Waals surface area contributed by atoms with Gasteiger partial charge in [-0.25, -0.2) is 19.4 Å². The maximum Gasteiger partial charge on any atom is 0.336 e.